The zero-order valence-electron chi connectivity index (χ0n) is 10.9. The van der Waals surface area contributed by atoms with Crippen molar-refractivity contribution in [2.45, 2.75) is 27.3 Å². The van der Waals surface area contributed by atoms with Gasteiger partial charge < -0.3 is 15.1 Å². The molecule has 2 N–H and O–H groups in total. The molecule has 0 unspecified atom stereocenters. The normalized spacial score (nSPS) is 10.6. The minimum absolute atomic E-state index is 0.424. The Labute approximate surface area is 107 Å². The summed E-state index contributed by atoms with van der Waals surface area (Å²) in [4.78, 5) is 0. The second-order valence-electron chi connectivity index (χ2n) is 4.28. The van der Waals surface area contributed by atoms with E-state index >= 15 is 0 Å². The first kappa shape index (κ1) is 12.6. The van der Waals surface area contributed by atoms with E-state index < -0.39 is 0 Å². The van der Waals surface area contributed by atoms with Crippen molar-refractivity contribution in [2.75, 3.05) is 11.9 Å². The second kappa shape index (κ2) is 5.64. The van der Waals surface area contributed by atoms with E-state index in [4.69, 9.17) is 4.42 Å². The standard InChI is InChI=1S/C13H18N4O/c1-4-14-8-12-16-17-13(18-12)15-11-6-9(2)5-10(3)7-11/h5-7,14H,4,8H2,1-3H3,(H,15,17). The topological polar surface area (TPSA) is 63.0 Å². The molecule has 1 heterocycles. The van der Waals surface area contributed by atoms with Crippen LogP contribution in [0.1, 0.15) is 23.9 Å². The van der Waals surface area contributed by atoms with Crippen molar-refractivity contribution >= 4 is 11.7 Å². The fourth-order valence-corrected chi connectivity index (χ4v) is 1.78. The van der Waals surface area contributed by atoms with Crippen LogP contribution in [0.25, 0.3) is 0 Å². The van der Waals surface area contributed by atoms with E-state index in [2.05, 4.69) is 40.7 Å². The largest absolute Gasteiger partial charge is 0.406 e. The fraction of sp³-hybridized carbons (Fsp3) is 0.385. The smallest absolute Gasteiger partial charge is 0.320 e. The third kappa shape index (κ3) is 3.30. The lowest BCUT2D eigenvalue weighted by Gasteiger charge is -2.04. The maximum absolute atomic E-state index is 5.47. The van der Waals surface area contributed by atoms with Crippen molar-refractivity contribution in [3.05, 3.63) is 35.2 Å². The highest BCUT2D eigenvalue weighted by molar-refractivity contribution is 5.54. The molecule has 5 heteroatoms. The Morgan fingerprint density at radius 3 is 2.50 bits per heavy atom. The maximum Gasteiger partial charge on any atom is 0.320 e. The molecule has 0 saturated carbocycles. The van der Waals surface area contributed by atoms with Crippen LogP contribution in [0.3, 0.4) is 0 Å². The predicted molar refractivity (Wildman–Crippen MR) is 70.9 cm³/mol. The van der Waals surface area contributed by atoms with Crippen molar-refractivity contribution in [2.24, 2.45) is 0 Å². The van der Waals surface area contributed by atoms with E-state index in [1.165, 1.54) is 11.1 Å². The van der Waals surface area contributed by atoms with Crippen LogP contribution < -0.4 is 10.6 Å². The predicted octanol–water partition coefficient (Wildman–Crippen LogP) is 2.54. The van der Waals surface area contributed by atoms with Crippen LogP contribution in [0.15, 0.2) is 22.6 Å². The molecule has 18 heavy (non-hydrogen) atoms. The van der Waals surface area contributed by atoms with Crippen LogP contribution in [-0.4, -0.2) is 16.7 Å². The molecule has 0 aliphatic carbocycles. The first-order valence-corrected chi connectivity index (χ1v) is 6.06. The van der Waals surface area contributed by atoms with Crippen molar-refractivity contribution in [1.29, 1.82) is 0 Å². The van der Waals surface area contributed by atoms with Gasteiger partial charge in [0.1, 0.15) is 0 Å². The summed E-state index contributed by atoms with van der Waals surface area (Å²) in [5, 5.41) is 14.2. The van der Waals surface area contributed by atoms with E-state index in [0.717, 1.165) is 12.2 Å². The summed E-state index contributed by atoms with van der Waals surface area (Å²) >= 11 is 0. The minimum Gasteiger partial charge on any atom is -0.406 e. The monoisotopic (exact) mass is 246 g/mol. The van der Waals surface area contributed by atoms with Gasteiger partial charge in [0, 0.05) is 5.69 Å². The highest BCUT2D eigenvalue weighted by atomic mass is 16.4. The number of aromatic nitrogens is 2. The van der Waals surface area contributed by atoms with Gasteiger partial charge >= 0.3 is 6.01 Å². The number of rotatable bonds is 5. The van der Waals surface area contributed by atoms with Gasteiger partial charge in [-0.05, 0) is 43.7 Å². The Bertz CT molecular complexity index is 501. The molecule has 96 valence electrons. The molecular formula is C13H18N4O. The van der Waals surface area contributed by atoms with Gasteiger partial charge in [0.15, 0.2) is 0 Å². The number of anilines is 2. The molecule has 0 spiro atoms. The summed E-state index contributed by atoms with van der Waals surface area (Å²) in [5.41, 5.74) is 3.36. The Morgan fingerprint density at radius 1 is 1.11 bits per heavy atom. The minimum atomic E-state index is 0.424. The summed E-state index contributed by atoms with van der Waals surface area (Å²) < 4.78 is 5.47. The molecule has 0 aliphatic rings. The molecule has 1 aromatic carbocycles. The molecule has 2 aromatic rings. The zero-order chi connectivity index (χ0) is 13.0. The Morgan fingerprint density at radius 2 is 1.83 bits per heavy atom. The van der Waals surface area contributed by atoms with Gasteiger partial charge in [-0.1, -0.05) is 18.1 Å². The number of nitrogens with one attached hydrogen (secondary N) is 2. The Kier molecular flexibility index (Phi) is 3.94. The molecule has 0 amide bonds. The summed E-state index contributed by atoms with van der Waals surface area (Å²) in [5.74, 6) is 0.587. The van der Waals surface area contributed by atoms with Gasteiger partial charge in [0.25, 0.3) is 0 Å². The molecule has 2 rings (SSSR count). The number of benzene rings is 1. The van der Waals surface area contributed by atoms with Gasteiger partial charge in [0.2, 0.25) is 5.89 Å². The quantitative estimate of drug-likeness (QED) is 0.848. The van der Waals surface area contributed by atoms with Crippen LogP contribution in [0, 0.1) is 13.8 Å². The van der Waals surface area contributed by atoms with Crippen LogP contribution >= 0.6 is 0 Å². The van der Waals surface area contributed by atoms with Crippen molar-refractivity contribution in [3.63, 3.8) is 0 Å². The number of hydrogen-bond acceptors (Lipinski definition) is 5. The van der Waals surface area contributed by atoms with E-state index in [1.54, 1.807) is 0 Å². The number of aryl methyl sites for hydroxylation is 2. The summed E-state index contributed by atoms with van der Waals surface area (Å²) in [6.07, 6.45) is 0. The van der Waals surface area contributed by atoms with Gasteiger partial charge in [0.05, 0.1) is 6.54 Å². The summed E-state index contributed by atoms with van der Waals surface area (Å²) in [6.45, 7) is 7.62. The lowest BCUT2D eigenvalue weighted by atomic mass is 10.1. The fourth-order valence-electron chi connectivity index (χ4n) is 1.78. The maximum atomic E-state index is 5.47. The molecule has 0 fully saturated rings. The molecule has 1 aromatic heterocycles. The lowest BCUT2D eigenvalue weighted by molar-refractivity contribution is 0.484. The van der Waals surface area contributed by atoms with Crippen molar-refractivity contribution < 1.29 is 4.42 Å². The molecule has 5 nitrogen and oxygen atoms in total. The molecule has 0 saturated heterocycles. The van der Waals surface area contributed by atoms with Crippen LogP contribution in [0.2, 0.25) is 0 Å². The molecule has 0 radical (unpaired) electrons. The summed E-state index contributed by atoms with van der Waals surface area (Å²) in [7, 11) is 0. The second-order valence-corrected chi connectivity index (χ2v) is 4.28. The Balaban J connectivity index is 2.06. The van der Waals surface area contributed by atoms with Gasteiger partial charge in [-0.2, -0.15) is 0 Å². The molecule has 0 bridgehead atoms. The van der Waals surface area contributed by atoms with E-state index in [-0.39, 0.29) is 0 Å². The third-order valence-electron chi connectivity index (χ3n) is 2.47. The van der Waals surface area contributed by atoms with Gasteiger partial charge in [-0.15, -0.1) is 5.10 Å². The van der Waals surface area contributed by atoms with E-state index in [0.29, 0.717) is 18.5 Å². The number of nitrogens with zero attached hydrogens (tertiary/aromatic N) is 2. The third-order valence-corrected chi connectivity index (χ3v) is 2.47. The first-order valence-electron chi connectivity index (χ1n) is 6.06. The molecule has 0 aliphatic heterocycles. The van der Waals surface area contributed by atoms with Crippen LogP contribution in [-0.2, 0) is 6.54 Å². The average Bonchev–Trinajstić information content (AvgIpc) is 2.72. The first-order chi connectivity index (χ1) is 8.67. The molecule has 0 atom stereocenters. The van der Waals surface area contributed by atoms with Crippen LogP contribution in [0.4, 0.5) is 11.7 Å². The Hall–Kier alpha value is -1.88. The summed E-state index contributed by atoms with van der Waals surface area (Å²) in [6, 6.07) is 6.63. The van der Waals surface area contributed by atoms with Gasteiger partial charge in [-0.25, -0.2) is 0 Å². The van der Waals surface area contributed by atoms with Crippen LogP contribution in [0.5, 0.6) is 0 Å². The van der Waals surface area contributed by atoms with Gasteiger partial charge in [-0.3, -0.25) is 0 Å². The van der Waals surface area contributed by atoms with E-state index in [1.807, 2.05) is 19.1 Å². The molecular weight excluding hydrogens is 228 g/mol. The highest BCUT2D eigenvalue weighted by Gasteiger charge is 2.05. The van der Waals surface area contributed by atoms with Crippen molar-refractivity contribution in [3.8, 4) is 0 Å². The highest BCUT2D eigenvalue weighted by Crippen LogP contribution is 2.18. The number of hydrogen-bond donors (Lipinski definition) is 2. The van der Waals surface area contributed by atoms with E-state index in [9.17, 15) is 0 Å². The van der Waals surface area contributed by atoms with Crippen molar-refractivity contribution in [1.82, 2.24) is 15.5 Å². The SMILES string of the molecule is CCNCc1nnc(Nc2cc(C)cc(C)c2)o1. The average molecular weight is 246 g/mol. The lowest BCUT2D eigenvalue weighted by Crippen LogP contribution is -2.11. The zero-order valence-corrected chi connectivity index (χ0v) is 10.9.